The Kier molecular flexibility index (Phi) is 3.73. The zero-order valence-electron chi connectivity index (χ0n) is 16.6. The van der Waals surface area contributed by atoms with Gasteiger partial charge < -0.3 is 14.1 Å². The number of aromatic nitrogens is 1. The summed E-state index contributed by atoms with van der Waals surface area (Å²) in [5.74, 6) is 2.34. The molecule has 0 amide bonds. The van der Waals surface area contributed by atoms with Gasteiger partial charge in [0.1, 0.15) is 13.1 Å². The van der Waals surface area contributed by atoms with Gasteiger partial charge in [-0.2, -0.15) is 4.57 Å². The summed E-state index contributed by atoms with van der Waals surface area (Å²) in [4.78, 5) is 2.07. The molecule has 0 bridgehead atoms. The molecule has 0 spiro atoms. The molecule has 30 heavy (non-hydrogen) atoms. The number of thiophene rings is 1. The standard InChI is InChI=1S/C25H19N2O2S/c1-26-19-8-4-5-9-21(19)28-24(26)14-25-27(2)20-13-16(11-12-22(20)29-25)18-15-30-23-10-6-3-7-17(18)23/h3-15H,1-2H3/q+1. The van der Waals surface area contributed by atoms with Crippen molar-refractivity contribution in [2.75, 3.05) is 11.9 Å². The molecule has 0 N–H and O–H groups in total. The summed E-state index contributed by atoms with van der Waals surface area (Å²) in [5.41, 5.74) is 5.41. The lowest BCUT2D eigenvalue weighted by Gasteiger charge is -2.11. The number of hydrogen-bond acceptors (Lipinski definition) is 4. The highest BCUT2D eigenvalue weighted by atomic mass is 32.1. The fourth-order valence-corrected chi connectivity index (χ4v) is 4.98. The van der Waals surface area contributed by atoms with Crippen molar-refractivity contribution in [3.63, 3.8) is 0 Å². The second-order valence-electron chi connectivity index (χ2n) is 7.44. The molecule has 0 saturated heterocycles. The maximum Gasteiger partial charge on any atom is 0.379 e. The Labute approximate surface area is 177 Å². The second kappa shape index (κ2) is 6.47. The van der Waals surface area contributed by atoms with Gasteiger partial charge in [-0.25, -0.2) is 0 Å². The predicted octanol–water partition coefficient (Wildman–Crippen LogP) is 5.97. The van der Waals surface area contributed by atoms with E-state index in [1.54, 1.807) is 11.3 Å². The normalized spacial score (nSPS) is 14.6. The Morgan fingerprint density at radius 2 is 1.83 bits per heavy atom. The Bertz CT molecular complexity index is 1460. The quantitative estimate of drug-likeness (QED) is 0.335. The van der Waals surface area contributed by atoms with Gasteiger partial charge in [0.25, 0.3) is 5.52 Å². The Hall–Kier alpha value is -3.57. The second-order valence-corrected chi connectivity index (χ2v) is 8.35. The largest absolute Gasteiger partial charge is 0.438 e. The lowest BCUT2D eigenvalue weighted by atomic mass is 10.0. The van der Waals surface area contributed by atoms with E-state index in [1.807, 2.05) is 55.1 Å². The van der Waals surface area contributed by atoms with Gasteiger partial charge in [-0.05, 0) is 35.2 Å². The first-order chi connectivity index (χ1) is 14.7. The highest BCUT2D eigenvalue weighted by molar-refractivity contribution is 7.17. The third kappa shape index (κ3) is 2.56. The van der Waals surface area contributed by atoms with Crippen LogP contribution in [0.3, 0.4) is 0 Å². The van der Waals surface area contributed by atoms with Crippen molar-refractivity contribution in [1.82, 2.24) is 0 Å². The molecule has 0 aliphatic carbocycles. The minimum Gasteiger partial charge on any atom is -0.438 e. The fourth-order valence-electron chi connectivity index (χ4n) is 4.01. The highest BCUT2D eigenvalue weighted by Gasteiger charge is 2.27. The maximum absolute atomic E-state index is 6.15. The van der Waals surface area contributed by atoms with Gasteiger partial charge >= 0.3 is 5.89 Å². The van der Waals surface area contributed by atoms with Crippen LogP contribution in [0.25, 0.3) is 38.4 Å². The lowest BCUT2D eigenvalue weighted by molar-refractivity contribution is -0.652. The molecule has 146 valence electrons. The molecule has 5 aromatic rings. The van der Waals surface area contributed by atoms with Gasteiger partial charge in [0.2, 0.25) is 11.5 Å². The van der Waals surface area contributed by atoms with Crippen molar-refractivity contribution in [2.45, 2.75) is 0 Å². The smallest absolute Gasteiger partial charge is 0.379 e. The third-order valence-corrected chi connectivity index (χ3v) is 6.64. The van der Waals surface area contributed by atoms with Crippen molar-refractivity contribution in [3.05, 3.63) is 83.9 Å². The van der Waals surface area contributed by atoms with E-state index in [0.29, 0.717) is 0 Å². The van der Waals surface area contributed by atoms with Gasteiger partial charge in [-0.3, -0.25) is 0 Å². The van der Waals surface area contributed by atoms with Crippen LogP contribution in [-0.2, 0) is 7.05 Å². The molecule has 0 atom stereocenters. The van der Waals surface area contributed by atoms with Crippen molar-refractivity contribution in [1.29, 1.82) is 0 Å². The lowest BCUT2D eigenvalue weighted by Crippen LogP contribution is -2.29. The number of para-hydroxylation sites is 2. The van der Waals surface area contributed by atoms with E-state index in [9.17, 15) is 0 Å². The van der Waals surface area contributed by atoms with Crippen LogP contribution in [0.1, 0.15) is 5.89 Å². The van der Waals surface area contributed by atoms with Crippen LogP contribution in [0, 0.1) is 0 Å². The van der Waals surface area contributed by atoms with Crippen molar-refractivity contribution < 1.29 is 13.7 Å². The molecule has 1 aliphatic heterocycles. The molecule has 1 aliphatic rings. The molecule has 6 rings (SSSR count). The zero-order chi connectivity index (χ0) is 20.2. The summed E-state index contributed by atoms with van der Waals surface area (Å²) < 4.78 is 15.5. The predicted molar refractivity (Wildman–Crippen MR) is 122 cm³/mol. The first kappa shape index (κ1) is 17.3. The molecular formula is C25H19N2O2S+. The summed E-state index contributed by atoms with van der Waals surface area (Å²) in [6, 6.07) is 22.9. The molecule has 0 unspecified atom stereocenters. The minimum absolute atomic E-state index is 0.743. The molecule has 2 aromatic heterocycles. The van der Waals surface area contributed by atoms with Crippen LogP contribution < -0.4 is 14.2 Å². The maximum atomic E-state index is 6.15. The van der Waals surface area contributed by atoms with E-state index in [-0.39, 0.29) is 0 Å². The van der Waals surface area contributed by atoms with Crippen molar-refractivity contribution in [2.24, 2.45) is 7.05 Å². The van der Waals surface area contributed by atoms with E-state index in [1.165, 1.54) is 21.2 Å². The average Bonchev–Trinajstić information content (AvgIpc) is 3.43. The average molecular weight is 412 g/mol. The van der Waals surface area contributed by atoms with Gasteiger partial charge in [-0.15, -0.1) is 11.3 Å². The first-order valence-corrected chi connectivity index (χ1v) is 10.7. The number of anilines is 1. The van der Waals surface area contributed by atoms with Crippen molar-refractivity contribution >= 4 is 44.3 Å². The Balaban J connectivity index is 1.40. The third-order valence-electron chi connectivity index (χ3n) is 5.68. The number of hydrogen-bond donors (Lipinski definition) is 0. The highest BCUT2D eigenvalue weighted by Crippen LogP contribution is 2.43. The fraction of sp³-hybridized carbons (Fsp3) is 0.0800. The number of nitrogens with zero attached hydrogens (tertiary/aromatic N) is 2. The van der Waals surface area contributed by atoms with E-state index >= 15 is 0 Å². The number of ether oxygens (including phenoxy) is 1. The Morgan fingerprint density at radius 1 is 1.00 bits per heavy atom. The van der Waals surface area contributed by atoms with Crippen LogP contribution in [0.15, 0.2) is 82.4 Å². The van der Waals surface area contributed by atoms with E-state index < -0.39 is 0 Å². The molecule has 0 saturated carbocycles. The van der Waals surface area contributed by atoms with Gasteiger partial charge in [0, 0.05) is 28.8 Å². The number of rotatable bonds is 2. The van der Waals surface area contributed by atoms with Crippen LogP contribution in [0.4, 0.5) is 5.69 Å². The van der Waals surface area contributed by atoms with E-state index in [4.69, 9.17) is 9.15 Å². The molecule has 5 heteroatoms. The van der Waals surface area contributed by atoms with E-state index in [2.05, 4.69) is 46.7 Å². The van der Waals surface area contributed by atoms with Crippen molar-refractivity contribution in [3.8, 4) is 16.9 Å². The Morgan fingerprint density at radius 3 is 2.73 bits per heavy atom. The molecular weight excluding hydrogens is 392 g/mol. The number of benzene rings is 3. The number of fused-ring (bicyclic) bond motifs is 3. The van der Waals surface area contributed by atoms with Crippen LogP contribution in [-0.4, -0.2) is 7.05 Å². The zero-order valence-corrected chi connectivity index (χ0v) is 17.4. The topological polar surface area (TPSA) is 29.5 Å². The van der Waals surface area contributed by atoms with Crippen LogP contribution in [0.2, 0.25) is 0 Å². The van der Waals surface area contributed by atoms with Gasteiger partial charge in [0.15, 0.2) is 5.75 Å². The summed E-state index contributed by atoms with van der Waals surface area (Å²) in [6.07, 6.45) is 1.94. The molecule has 3 heterocycles. The SMILES string of the molecule is CN1C(=Cc2oc3ccccc3[n+]2C)Oc2ccc(-c3csc4ccccc34)cc21. The summed E-state index contributed by atoms with van der Waals surface area (Å²) in [6.45, 7) is 0. The minimum atomic E-state index is 0.743. The van der Waals surface area contributed by atoms with Gasteiger partial charge in [0.05, 0.1) is 5.69 Å². The molecule has 4 nitrogen and oxygen atoms in total. The monoisotopic (exact) mass is 411 g/mol. The number of aryl methyl sites for hydroxylation is 1. The molecule has 0 fully saturated rings. The summed E-state index contributed by atoms with van der Waals surface area (Å²) >= 11 is 1.78. The van der Waals surface area contributed by atoms with Crippen LogP contribution >= 0.6 is 11.3 Å². The number of oxazole rings is 1. The van der Waals surface area contributed by atoms with Crippen LogP contribution in [0.5, 0.6) is 5.75 Å². The molecule has 3 aromatic carbocycles. The van der Waals surface area contributed by atoms with E-state index in [0.717, 1.165) is 34.3 Å². The first-order valence-electron chi connectivity index (χ1n) is 9.80. The van der Waals surface area contributed by atoms with Gasteiger partial charge in [-0.1, -0.05) is 36.4 Å². The summed E-state index contributed by atoms with van der Waals surface area (Å²) in [5, 5.41) is 3.52. The summed E-state index contributed by atoms with van der Waals surface area (Å²) in [7, 11) is 4.02. The molecule has 0 radical (unpaired) electrons.